The first kappa shape index (κ1) is 14.8. The van der Waals surface area contributed by atoms with Gasteiger partial charge in [-0.2, -0.15) is 0 Å². The lowest BCUT2D eigenvalue weighted by Crippen LogP contribution is -2.33. The van der Waals surface area contributed by atoms with Gasteiger partial charge in [0.15, 0.2) is 5.69 Å². The largest absolute Gasteiger partial charge is 0.361 e. The van der Waals surface area contributed by atoms with Crippen molar-refractivity contribution in [3.05, 3.63) is 47.3 Å². The van der Waals surface area contributed by atoms with Gasteiger partial charge in [-0.3, -0.25) is 9.59 Å². The number of anilines is 1. The number of hydrogen-bond donors (Lipinski definition) is 2. The van der Waals surface area contributed by atoms with Crippen LogP contribution in [0.25, 0.3) is 0 Å². The molecule has 21 heavy (non-hydrogen) atoms. The Morgan fingerprint density at radius 3 is 2.71 bits per heavy atom. The molecule has 0 aliphatic carbocycles. The van der Waals surface area contributed by atoms with Gasteiger partial charge in [-0.1, -0.05) is 30.3 Å². The molecule has 0 aliphatic rings. The van der Waals surface area contributed by atoms with E-state index in [1.807, 2.05) is 31.2 Å². The topological polar surface area (TPSA) is 84.2 Å². The maximum Gasteiger partial charge on any atom is 0.273 e. The molecule has 0 bridgehead atoms. The number of aromatic nitrogens is 1. The molecule has 2 rings (SSSR count). The minimum atomic E-state index is -0.439. The van der Waals surface area contributed by atoms with Gasteiger partial charge in [0.1, 0.15) is 5.76 Å². The van der Waals surface area contributed by atoms with Crippen molar-refractivity contribution in [2.24, 2.45) is 0 Å². The molecule has 1 heterocycles. The number of carbonyl (C=O) groups is 2. The first-order valence-corrected chi connectivity index (χ1v) is 6.69. The number of carbonyl (C=O) groups excluding carboxylic acids is 2. The molecular weight excluding hydrogens is 270 g/mol. The van der Waals surface area contributed by atoms with Crippen LogP contribution in [0.15, 0.2) is 34.9 Å². The van der Waals surface area contributed by atoms with Crippen LogP contribution in [0.2, 0.25) is 0 Å². The van der Waals surface area contributed by atoms with E-state index in [0.717, 1.165) is 17.7 Å². The summed E-state index contributed by atoms with van der Waals surface area (Å²) in [6.45, 7) is 3.58. The van der Waals surface area contributed by atoms with Crippen molar-refractivity contribution in [1.29, 1.82) is 0 Å². The molecule has 0 fully saturated rings. The maximum absolute atomic E-state index is 11.9. The van der Waals surface area contributed by atoms with Crippen molar-refractivity contribution in [1.82, 2.24) is 10.5 Å². The monoisotopic (exact) mass is 287 g/mol. The first-order chi connectivity index (χ1) is 10.1. The minimum Gasteiger partial charge on any atom is -0.361 e. The van der Waals surface area contributed by atoms with Crippen LogP contribution in [-0.2, 0) is 11.2 Å². The van der Waals surface area contributed by atoms with E-state index < -0.39 is 5.91 Å². The molecule has 1 aromatic heterocycles. The van der Waals surface area contributed by atoms with Crippen LogP contribution in [0.4, 0.5) is 5.69 Å². The summed E-state index contributed by atoms with van der Waals surface area (Å²) < 4.78 is 4.81. The maximum atomic E-state index is 11.9. The van der Waals surface area contributed by atoms with Crippen LogP contribution in [0.3, 0.4) is 0 Å². The summed E-state index contributed by atoms with van der Waals surface area (Å²) in [5, 5.41) is 8.86. The second-order valence-corrected chi connectivity index (χ2v) is 4.56. The number of para-hydroxylation sites is 1. The molecule has 0 saturated heterocycles. The third kappa shape index (κ3) is 3.92. The van der Waals surface area contributed by atoms with E-state index in [2.05, 4.69) is 15.8 Å². The lowest BCUT2D eigenvalue weighted by molar-refractivity contribution is -0.115. The average molecular weight is 287 g/mol. The second-order valence-electron chi connectivity index (χ2n) is 4.56. The van der Waals surface area contributed by atoms with Crippen molar-refractivity contribution in [3.8, 4) is 0 Å². The van der Waals surface area contributed by atoms with Crippen molar-refractivity contribution < 1.29 is 14.1 Å². The summed E-state index contributed by atoms with van der Waals surface area (Å²) in [6, 6.07) is 9.07. The molecule has 0 atom stereocenters. The minimum absolute atomic E-state index is 0.122. The number of nitrogens with one attached hydrogen (secondary N) is 2. The summed E-state index contributed by atoms with van der Waals surface area (Å²) in [5.41, 5.74) is 1.97. The quantitative estimate of drug-likeness (QED) is 0.879. The molecule has 0 saturated carbocycles. The Morgan fingerprint density at radius 1 is 1.29 bits per heavy atom. The molecule has 0 aliphatic heterocycles. The smallest absolute Gasteiger partial charge is 0.273 e. The number of amides is 2. The van der Waals surface area contributed by atoms with Gasteiger partial charge in [0.25, 0.3) is 5.91 Å². The second kappa shape index (κ2) is 6.69. The zero-order chi connectivity index (χ0) is 15.2. The van der Waals surface area contributed by atoms with Crippen molar-refractivity contribution in [2.75, 3.05) is 11.9 Å². The summed E-state index contributed by atoms with van der Waals surface area (Å²) in [5.74, 6) is -0.184. The van der Waals surface area contributed by atoms with Crippen LogP contribution in [0.1, 0.15) is 28.7 Å². The Bertz CT molecular complexity index is 649. The van der Waals surface area contributed by atoms with Gasteiger partial charge in [-0.25, -0.2) is 0 Å². The fraction of sp³-hybridized carbons (Fsp3) is 0.267. The van der Waals surface area contributed by atoms with Gasteiger partial charge in [0, 0.05) is 11.8 Å². The Morgan fingerprint density at radius 2 is 2.05 bits per heavy atom. The number of aryl methyl sites for hydroxylation is 2. The molecule has 110 valence electrons. The Labute approximate surface area is 122 Å². The van der Waals surface area contributed by atoms with E-state index in [4.69, 9.17) is 4.52 Å². The molecule has 2 amide bonds. The van der Waals surface area contributed by atoms with E-state index in [0.29, 0.717) is 5.76 Å². The van der Waals surface area contributed by atoms with E-state index in [-0.39, 0.29) is 18.1 Å². The molecular formula is C15H17N3O3. The zero-order valence-corrected chi connectivity index (χ0v) is 12.0. The van der Waals surface area contributed by atoms with Crippen molar-refractivity contribution in [2.45, 2.75) is 20.3 Å². The van der Waals surface area contributed by atoms with Crippen LogP contribution < -0.4 is 10.6 Å². The molecule has 2 N–H and O–H groups in total. The van der Waals surface area contributed by atoms with Crippen LogP contribution in [0, 0.1) is 6.92 Å². The first-order valence-electron chi connectivity index (χ1n) is 6.69. The average Bonchev–Trinajstić information content (AvgIpc) is 2.92. The summed E-state index contributed by atoms with van der Waals surface area (Å²) in [6.07, 6.45) is 0.820. The van der Waals surface area contributed by atoms with Crippen molar-refractivity contribution in [3.63, 3.8) is 0 Å². The van der Waals surface area contributed by atoms with Crippen LogP contribution in [0.5, 0.6) is 0 Å². The molecule has 0 unspecified atom stereocenters. The summed E-state index contributed by atoms with van der Waals surface area (Å²) in [7, 11) is 0. The van der Waals surface area contributed by atoms with Gasteiger partial charge in [-0.15, -0.1) is 0 Å². The molecule has 0 spiro atoms. The normalized spacial score (nSPS) is 10.2. The molecule has 6 nitrogen and oxygen atoms in total. The highest BCUT2D eigenvalue weighted by molar-refractivity contribution is 5.98. The van der Waals surface area contributed by atoms with Gasteiger partial charge >= 0.3 is 0 Å². The highest BCUT2D eigenvalue weighted by Gasteiger charge is 2.12. The Kier molecular flexibility index (Phi) is 4.71. The zero-order valence-electron chi connectivity index (χ0n) is 12.0. The summed E-state index contributed by atoms with van der Waals surface area (Å²) >= 11 is 0. The third-order valence-electron chi connectivity index (χ3n) is 2.94. The third-order valence-corrected chi connectivity index (χ3v) is 2.94. The van der Waals surface area contributed by atoms with Gasteiger partial charge in [0.05, 0.1) is 6.54 Å². The molecule has 2 aromatic rings. The molecule has 6 heteroatoms. The fourth-order valence-corrected chi connectivity index (χ4v) is 1.87. The predicted molar refractivity (Wildman–Crippen MR) is 78.0 cm³/mol. The number of benzene rings is 1. The number of nitrogens with zero attached hydrogens (tertiary/aromatic N) is 1. The van der Waals surface area contributed by atoms with E-state index in [1.54, 1.807) is 6.92 Å². The van der Waals surface area contributed by atoms with Crippen molar-refractivity contribution >= 4 is 17.5 Å². The Balaban J connectivity index is 1.89. The van der Waals surface area contributed by atoms with Gasteiger partial charge < -0.3 is 15.2 Å². The number of hydrogen-bond acceptors (Lipinski definition) is 4. The van der Waals surface area contributed by atoms with Crippen LogP contribution in [-0.4, -0.2) is 23.5 Å². The predicted octanol–water partition coefficient (Wildman–Crippen LogP) is 1.91. The van der Waals surface area contributed by atoms with E-state index in [9.17, 15) is 9.59 Å². The molecule has 1 aromatic carbocycles. The van der Waals surface area contributed by atoms with E-state index in [1.165, 1.54) is 6.07 Å². The Hall–Kier alpha value is -2.63. The number of rotatable bonds is 5. The van der Waals surface area contributed by atoms with Gasteiger partial charge in [-0.05, 0) is 25.0 Å². The van der Waals surface area contributed by atoms with Gasteiger partial charge in [0.2, 0.25) is 5.91 Å². The highest BCUT2D eigenvalue weighted by Crippen LogP contribution is 2.14. The SMILES string of the molecule is CCc1ccccc1NC(=O)CNC(=O)c1cc(C)on1. The highest BCUT2D eigenvalue weighted by atomic mass is 16.5. The van der Waals surface area contributed by atoms with E-state index >= 15 is 0 Å². The lowest BCUT2D eigenvalue weighted by atomic mass is 10.1. The van der Waals surface area contributed by atoms with Crippen LogP contribution >= 0.6 is 0 Å². The lowest BCUT2D eigenvalue weighted by Gasteiger charge is -2.09. The standard InChI is InChI=1S/C15H17N3O3/c1-3-11-6-4-5-7-12(11)17-14(19)9-16-15(20)13-8-10(2)21-18-13/h4-8H,3,9H2,1-2H3,(H,16,20)(H,17,19). The summed E-state index contributed by atoms with van der Waals surface area (Å²) in [4.78, 5) is 23.6. The molecule has 0 radical (unpaired) electrons. The fourth-order valence-electron chi connectivity index (χ4n) is 1.87.